The molecule has 3 heteroatoms. The van der Waals surface area contributed by atoms with E-state index in [-0.39, 0.29) is 5.43 Å². The minimum atomic E-state index is 0.0283. The predicted molar refractivity (Wildman–Crippen MR) is 78.0 cm³/mol. The van der Waals surface area contributed by atoms with Crippen LogP contribution in [-0.2, 0) is 7.05 Å². The summed E-state index contributed by atoms with van der Waals surface area (Å²) in [7, 11) is 3.58. The zero-order valence-corrected chi connectivity index (χ0v) is 11.2. The van der Waals surface area contributed by atoms with Gasteiger partial charge in [-0.2, -0.15) is 0 Å². The molecule has 0 radical (unpaired) electrons. The molecule has 0 saturated heterocycles. The second-order valence-corrected chi connectivity index (χ2v) is 4.77. The highest BCUT2D eigenvalue weighted by atomic mass is 16.5. The number of pyridine rings is 1. The van der Waals surface area contributed by atoms with Crippen LogP contribution in [0.15, 0.2) is 41.2 Å². The van der Waals surface area contributed by atoms with Crippen molar-refractivity contribution in [2.75, 3.05) is 7.11 Å². The summed E-state index contributed by atoms with van der Waals surface area (Å²) in [6.45, 7) is 2.00. The normalized spacial score (nSPS) is 11.1. The molecule has 0 amide bonds. The average molecular weight is 253 g/mol. The maximum absolute atomic E-state index is 12.6. The van der Waals surface area contributed by atoms with E-state index >= 15 is 0 Å². The van der Waals surface area contributed by atoms with Gasteiger partial charge in [0, 0.05) is 12.4 Å². The van der Waals surface area contributed by atoms with E-state index in [0.29, 0.717) is 11.1 Å². The highest BCUT2D eigenvalue weighted by molar-refractivity contribution is 5.96. The van der Waals surface area contributed by atoms with Gasteiger partial charge in [0.25, 0.3) is 0 Å². The number of rotatable bonds is 1. The molecule has 0 saturated carbocycles. The number of methoxy groups -OCH3 is 1. The SMILES string of the molecule is COc1cc(C)cc2c1c(=O)c1ccccc1n2C. The molecule has 2 aromatic carbocycles. The zero-order chi connectivity index (χ0) is 13.6. The van der Waals surface area contributed by atoms with Gasteiger partial charge < -0.3 is 9.30 Å². The summed E-state index contributed by atoms with van der Waals surface area (Å²) in [5.74, 6) is 0.640. The first-order valence-corrected chi connectivity index (χ1v) is 6.19. The molecule has 1 aromatic heterocycles. The average Bonchev–Trinajstić information content (AvgIpc) is 2.43. The third kappa shape index (κ3) is 1.62. The van der Waals surface area contributed by atoms with Crippen molar-refractivity contribution in [1.29, 1.82) is 0 Å². The topological polar surface area (TPSA) is 31.2 Å². The van der Waals surface area contributed by atoms with Gasteiger partial charge in [-0.25, -0.2) is 0 Å². The molecular weight excluding hydrogens is 238 g/mol. The summed E-state index contributed by atoms with van der Waals surface area (Å²) >= 11 is 0. The lowest BCUT2D eigenvalue weighted by atomic mass is 10.1. The minimum absolute atomic E-state index is 0.0283. The van der Waals surface area contributed by atoms with Crippen LogP contribution in [-0.4, -0.2) is 11.7 Å². The smallest absolute Gasteiger partial charge is 0.200 e. The van der Waals surface area contributed by atoms with Gasteiger partial charge in [0.15, 0.2) is 0 Å². The van der Waals surface area contributed by atoms with Crippen molar-refractivity contribution in [3.8, 4) is 5.75 Å². The first-order valence-electron chi connectivity index (χ1n) is 6.19. The quantitative estimate of drug-likeness (QED) is 0.624. The number of hydrogen-bond donors (Lipinski definition) is 0. The third-order valence-electron chi connectivity index (χ3n) is 3.54. The number of fused-ring (bicyclic) bond motifs is 2. The Morgan fingerprint density at radius 1 is 1.11 bits per heavy atom. The van der Waals surface area contributed by atoms with Crippen molar-refractivity contribution >= 4 is 21.8 Å². The molecule has 3 nitrogen and oxygen atoms in total. The van der Waals surface area contributed by atoms with Crippen LogP contribution in [0.1, 0.15) is 5.56 Å². The highest BCUT2D eigenvalue weighted by Gasteiger charge is 2.13. The summed E-state index contributed by atoms with van der Waals surface area (Å²) in [5, 5.41) is 1.37. The van der Waals surface area contributed by atoms with E-state index in [9.17, 15) is 4.79 Å². The second-order valence-electron chi connectivity index (χ2n) is 4.77. The number of hydrogen-bond acceptors (Lipinski definition) is 2. The van der Waals surface area contributed by atoms with Crippen LogP contribution in [0.25, 0.3) is 21.8 Å². The molecule has 3 aromatic rings. The number of aromatic nitrogens is 1. The van der Waals surface area contributed by atoms with Crippen LogP contribution in [0, 0.1) is 6.92 Å². The molecule has 3 rings (SSSR count). The van der Waals surface area contributed by atoms with Crippen molar-refractivity contribution in [2.45, 2.75) is 6.92 Å². The lowest BCUT2D eigenvalue weighted by Crippen LogP contribution is -2.10. The molecule has 0 aliphatic heterocycles. The third-order valence-corrected chi connectivity index (χ3v) is 3.54. The Labute approximate surface area is 111 Å². The van der Waals surface area contributed by atoms with E-state index in [1.54, 1.807) is 7.11 Å². The van der Waals surface area contributed by atoms with Gasteiger partial charge in [0.2, 0.25) is 5.43 Å². The zero-order valence-electron chi connectivity index (χ0n) is 11.2. The Kier molecular flexibility index (Phi) is 2.56. The van der Waals surface area contributed by atoms with Gasteiger partial charge in [-0.3, -0.25) is 4.79 Å². The molecule has 0 spiro atoms. The summed E-state index contributed by atoms with van der Waals surface area (Å²) in [4.78, 5) is 12.6. The summed E-state index contributed by atoms with van der Waals surface area (Å²) < 4.78 is 7.42. The Morgan fingerprint density at radius 2 is 1.84 bits per heavy atom. The van der Waals surface area contributed by atoms with Crippen molar-refractivity contribution < 1.29 is 4.74 Å². The number of para-hydroxylation sites is 1. The largest absolute Gasteiger partial charge is 0.496 e. The molecule has 1 heterocycles. The van der Waals surface area contributed by atoms with E-state index < -0.39 is 0 Å². The van der Waals surface area contributed by atoms with Gasteiger partial charge in [0.05, 0.1) is 23.5 Å². The summed E-state index contributed by atoms with van der Waals surface area (Å²) in [6, 6.07) is 11.6. The van der Waals surface area contributed by atoms with E-state index in [2.05, 4.69) is 0 Å². The molecule has 0 bridgehead atoms. The molecule has 0 fully saturated rings. The fourth-order valence-electron chi connectivity index (χ4n) is 2.61. The Balaban J connectivity index is 2.68. The molecular formula is C16H15NO2. The van der Waals surface area contributed by atoms with Gasteiger partial charge >= 0.3 is 0 Å². The lowest BCUT2D eigenvalue weighted by molar-refractivity contribution is 0.419. The first kappa shape index (κ1) is 11.8. The maximum atomic E-state index is 12.6. The monoisotopic (exact) mass is 253 g/mol. The van der Waals surface area contributed by atoms with Crippen molar-refractivity contribution in [3.63, 3.8) is 0 Å². The number of aryl methyl sites for hydroxylation is 2. The Morgan fingerprint density at radius 3 is 2.58 bits per heavy atom. The number of nitrogens with zero attached hydrogens (tertiary/aromatic N) is 1. The van der Waals surface area contributed by atoms with Crippen LogP contribution in [0.5, 0.6) is 5.75 Å². The van der Waals surface area contributed by atoms with Gasteiger partial charge in [0.1, 0.15) is 5.75 Å². The van der Waals surface area contributed by atoms with Crippen LogP contribution in [0.2, 0.25) is 0 Å². The minimum Gasteiger partial charge on any atom is -0.496 e. The number of ether oxygens (including phenoxy) is 1. The molecule has 0 aliphatic rings. The summed E-state index contributed by atoms with van der Waals surface area (Å²) in [5.41, 5.74) is 2.95. The van der Waals surface area contributed by atoms with E-state index in [1.165, 1.54) is 0 Å². The second kappa shape index (κ2) is 4.12. The molecule has 0 unspecified atom stereocenters. The van der Waals surface area contributed by atoms with Crippen LogP contribution < -0.4 is 10.2 Å². The van der Waals surface area contributed by atoms with Crippen molar-refractivity contribution in [3.05, 3.63) is 52.2 Å². The molecule has 19 heavy (non-hydrogen) atoms. The Bertz CT molecular complexity index is 847. The highest BCUT2D eigenvalue weighted by Crippen LogP contribution is 2.27. The molecule has 96 valence electrons. The van der Waals surface area contributed by atoms with Crippen LogP contribution in [0.4, 0.5) is 0 Å². The van der Waals surface area contributed by atoms with Gasteiger partial charge in [-0.1, -0.05) is 12.1 Å². The predicted octanol–water partition coefficient (Wildman–Crippen LogP) is 3.01. The summed E-state index contributed by atoms with van der Waals surface area (Å²) in [6.07, 6.45) is 0. The molecule has 0 atom stereocenters. The maximum Gasteiger partial charge on any atom is 0.200 e. The standard InChI is InChI=1S/C16H15NO2/c1-10-8-13-15(14(9-10)19-3)16(18)11-6-4-5-7-12(11)17(13)2/h4-9H,1-3H3. The van der Waals surface area contributed by atoms with Crippen LogP contribution >= 0.6 is 0 Å². The van der Waals surface area contributed by atoms with E-state index in [0.717, 1.165) is 22.0 Å². The van der Waals surface area contributed by atoms with Gasteiger partial charge in [-0.15, -0.1) is 0 Å². The van der Waals surface area contributed by atoms with Crippen LogP contribution in [0.3, 0.4) is 0 Å². The van der Waals surface area contributed by atoms with E-state index in [1.807, 2.05) is 54.9 Å². The lowest BCUT2D eigenvalue weighted by Gasteiger charge is -2.13. The number of benzene rings is 2. The van der Waals surface area contributed by atoms with Crippen molar-refractivity contribution in [2.24, 2.45) is 7.05 Å². The fourth-order valence-corrected chi connectivity index (χ4v) is 2.61. The molecule has 0 aliphatic carbocycles. The molecule has 0 N–H and O–H groups in total. The van der Waals surface area contributed by atoms with Gasteiger partial charge in [-0.05, 0) is 36.8 Å². The fraction of sp³-hybridized carbons (Fsp3) is 0.188. The van der Waals surface area contributed by atoms with E-state index in [4.69, 9.17) is 4.74 Å². The van der Waals surface area contributed by atoms with Crippen molar-refractivity contribution in [1.82, 2.24) is 4.57 Å². The Hall–Kier alpha value is -2.29. The first-order chi connectivity index (χ1) is 9.13.